The summed E-state index contributed by atoms with van der Waals surface area (Å²) in [4.78, 5) is 27.6. The van der Waals surface area contributed by atoms with Crippen LogP contribution in [0.3, 0.4) is 0 Å². The Balaban J connectivity index is 1.79. The van der Waals surface area contributed by atoms with Crippen LogP contribution in [0.2, 0.25) is 0 Å². The zero-order chi connectivity index (χ0) is 18.7. The number of aromatic nitrogens is 4. The molecule has 3 N–H and O–H groups in total. The third-order valence-corrected chi connectivity index (χ3v) is 4.31. The van der Waals surface area contributed by atoms with Crippen molar-refractivity contribution >= 4 is 6.09 Å². The fourth-order valence-electron chi connectivity index (χ4n) is 3.28. The predicted molar refractivity (Wildman–Crippen MR) is 93.0 cm³/mol. The summed E-state index contributed by atoms with van der Waals surface area (Å²) in [5.41, 5.74) is 6.66. The molecule has 1 aliphatic carbocycles. The van der Waals surface area contributed by atoms with Crippen LogP contribution in [0.5, 0.6) is 0 Å². The molecule has 138 valence electrons. The topological polar surface area (TPSA) is 129 Å². The molecule has 0 aromatic heterocycles. The number of imidazole rings is 1. The highest BCUT2D eigenvalue weighted by Gasteiger charge is 2.32. The number of nitrogens with one attached hydrogen (secondary N) is 3. The molecule has 1 amide bonds. The van der Waals surface area contributed by atoms with Gasteiger partial charge >= 0.3 is 6.09 Å². The van der Waals surface area contributed by atoms with Crippen LogP contribution in [-0.4, -0.2) is 37.7 Å². The smallest absolute Gasteiger partial charge is 0.422 e. The number of hydrogen-bond acceptors (Lipinski definition) is 7. The quantitative estimate of drug-likeness (QED) is 0.718. The van der Waals surface area contributed by atoms with Crippen molar-refractivity contribution in [3.05, 3.63) is 17.8 Å². The highest BCUT2D eigenvalue weighted by atomic mass is 16.6. The summed E-state index contributed by atoms with van der Waals surface area (Å²) < 4.78 is 5.27. The van der Waals surface area contributed by atoms with Gasteiger partial charge < -0.3 is 9.72 Å². The number of nitrogens with zero attached hydrogens (tertiary/aromatic N) is 4. The number of carbonyl (C=O) groups excluding carboxylic acids is 1. The molecule has 3 rings (SSSR count). The highest BCUT2D eigenvalue weighted by molar-refractivity contribution is 5.67. The lowest BCUT2D eigenvalue weighted by atomic mass is 9.81. The summed E-state index contributed by atoms with van der Waals surface area (Å²) in [6.07, 6.45) is 4.82. The second kappa shape index (κ2) is 7.25. The first-order valence-electron chi connectivity index (χ1n) is 8.72. The molecular weight excluding hydrogens is 334 g/mol. The van der Waals surface area contributed by atoms with Gasteiger partial charge in [-0.15, -0.1) is 0 Å². The van der Waals surface area contributed by atoms with E-state index in [1.54, 1.807) is 0 Å². The molecule has 0 radical (unpaired) electrons. The van der Waals surface area contributed by atoms with E-state index in [0.717, 1.165) is 31.4 Å². The molecule has 0 bridgehead atoms. The Bertz CT molecular complexity index is 789. The van der Waals surface area contributed by atoms with Crippen molar-refractivity contribution in [1.82, 2.24) is 30.8 Å². The Labute approximate surface area is 151 Å². The lowest BCUT2D eigenvalue weighted by Gasteiger charge is -2.33. The molecule has 0 aromatic carbocycles. The molecule has 0 saturated heterocycles. The van der Waals surface area contributed by atoms with Gasteiger partial charge in [0.25, 0.3) is 0 Å². The van der Waals surface area contributed by atoms with Crippen molar-refractivity contribution in [3.63, 3.8) is 0 Å². The van der Waals surface area contributed by atoms with Crippen molar-refractivity contribution in [1.29, 1.82) is 5.26 Å². The maximum absolute atomic E-state index is 11.9. The van der Waals surface area contributed by atoms with Crippen molar-refractivity contribution in [3.8, 4) is 17.6 Å². The van der Waals surface area contributed by atoms with Gasteiger partial charge in [0.1, 0.15) is 23.7 Å². The zero-order valence-electron chi connectivity index (χ0n) is 15.2. The standard InChI is InChI=1S/C17H23N7O2/c1-17(2,3)26-16(25)24-23-11-7-5-4-6-10(11)13-14-15(20-9-19-14)22-12(8-18)21-13/h9-11,23H,4-7H2,1-3H3,(H,24,25)(H,19,20,21,22). The minimum Gasteiger partial charge on any atom is -0.443 e. The van der Waals surface area contributed by atoms with Gasteiger partial charge in [-0.2, -0.15) is 10.2 Å². The Morgan fingerprint density at radius 3 is 2.85 bits per heavy atom. The first-order valence-corrected chi connectivity index (χ1v) is 8.72. The Morgan fingerprint density at radius 1 is 1.35 bits per heavy atom. The summed E-state index contributed by atoms with van der Waals surface area (Å²) in [7, 11) is 0. The summed E-state index contributed by atoms with van der Waals surface area (Å²) in [5.74, 6) is 0.713. The van der Waals surface area contributed by atoms with Crippen LogP contribution in [-0.2, 0) is 4.74 Å². The van der Waals surface area contributed by atoms with Crippen LogP contribution in [0.1, 0.15) is 63.9 Å². The van der Waals surface area contributed by atoms with Gasteiger partial charge in [0, 0.05) is 12.0 Å². The van der Waals surface area contributed by atoms with Gasteiger partial charge in [0.15, 0.2) is 5.82 Å². The Kier molecular flexibility index (Phi) is 5.04. The third kappa shape index (κ3) is 4.08. The van der Waals surface area contributed by atoms with E-state index in [0.29, 0.717) is 11.5 Å². The van der Waals surface area contributed by atoms with E-state index in [9.17, 15) is 10.1 Å². The fraction of sp³-hybridized carbons (Fsp3) is 0.588. The number of nitriles is 1. The molecule has 2 heterocycles. The van der Waals surface area contributed by atoms with E-state index < -0.39 is 11.7 Å². The molecule has 3 aliphatic rings. The van der Waals surface area contributed by atoms with E-state index in [1.165, 1.54) is 6.33 Å². The van der Waals surface area contributed by atoms with Crippen LogP contribution in [0.4, 0.5) is 4.79 Å². The Hall–Kier alpha value is -2.73. The van der Waals surface area contributed by atoms with Gasteiger partial charge in [-0.1, -0.05) is 12.8 Å². The predicted octanol–water partition coefficient (Wildman–Crippen LogP) is 2.23. The first kappa shape index (κ1) is 18.1. The summed E-state index contributed by atoms with van der Waals surface area (Å²) in [6, 6.07) is 2.02. The monoisotopic (exact) mass is 357 g/mol. The number of rotatable bonds is 3. The first-order chi connectivity index (χ1) is 12.4. The van der Waals surface area contributed by atoms with Crippen molar-refractivity contribution < 1.29 is 9.53 Å². The third-order valence-electron chi connectivity index (χ3n) is 4.31. The summed E-state index contributed by atoms with van der Waals surface area (Å²) >= 11 is 0. The summed E-state index contributed by atoms with van der Waals surface area (Å²) in [5, 5.41) is 9.23. The number of carbonyl (C=O) groups is 1. The largest absolute Gasteiger partial charge is 0.443 e. The molecule has 1 fully saturated rings. The molecule has 9 nitrogen and oxygen atoms in total. The molecule has 26 heavy (non-hydrogen) atoms. The Morgan fingerprint density at radius 2 is 2.12 bits per heavy atom. The van der Waals surface area contributed by atoms with Gasteiger partial charge in [-0.05, 0) is 33.6 Å². The van der Waals surface area contributed by atoms with Crippen LogP contribution < -0.4 is 10.9 Å². The lowest BCUT2D eigenvalue weighted by Crippen LogP contribution is -2.49. The maximum atomic E-state index is 11.9. The van der Waals surface area contributed by atoms with Gasteiger partial charge in [-0.25, -0.2) is 20.2 Å². The normalized spacial score (nSPS) is 20.5. The van der Waals surface area contributed by atoms with Crippen LogP contribution in [0.15, 0.2) is 6.33 Å². The van der Waals surface area contributed by atoms with Crippen LogP contribution in [0.25, 0.3) is 11.5 Å². The number of hydrogen-bond donors (Lipinski definition) is 3. The van der Waals surface area contributed by atoms with Gasteiger partial charge in [0.2, 0.25) is 5.82 Å². The average molecular weight is 357 g/mol. The second-order valence-electron chi connectivity index (χ2n) is 7.43. The molecule has 0 aromatic rings. The molecule has 2 aliphatic heterocycles. The molecule has 0 spiro atoms. The number of fused-ring (bicyclic) bond motifs is 1. The zero-order valence-corrected chi connectivity index (χ0v) is 15.2. The molecule has 1 saturated carbocycles. The van der Waals surface area contributed by atoms with E-state index in [1.807, 2.05) is 26.8 Å². The van der Waals surface area contributed by atoms with Crippen LogP contribution >= 0.6 is 0 Å². The highest BCUT2D eigenvalue weighted by Crippen LogP contribution is 2.36. The molecule has 2 unspecified atom stereocenters. The number of hydrazine groups is 1. The minimum atomic E-state index is -0.560. The lowest BCUT2D eigenvalue weighted by molar-refractivity contribution is 0.0478. The average Bonchev–Trinajstić information content (AvgIpc) is 3.06. The summed E-state index contributed by atoms with van der Waals surface area (Å²) in [6.45, 7) is 5.45. The van der Waals surface area contributed by atoms with Crippen LogP contribution in [0, 0.1) is 11.3 Å². The number of amides is 1. The van der Waals surface area contributed by atoms with Gasteiger partial charge in [-0.3, -0.25) is 5.43 Å². The number of aromatic amines is 1. The van der Waals surface area contributed by atoms with E-state index >= 15 is 0 Å². The van der Waals surface area contributed by atoms with Crippen molar-refractivity contribution in [2.45, 2.75) is 64.0 Å². The maximum Gasteiger partial charge on any atom is 0.422 e. The van der Waals surface area contributed by atoms with E-state index in [4.69, 9.17) is 4.74 Å². The minimum absolute atomic E-state index is 0.0126. The SMILES string of the molecule is CC(C)(C)OC(=O)NNC1CCCCC1c1[nH]c(C#N)nc2ncnc1-2. The molecule has 9 heteroatoms. The second-order valence-corrected chi connectivity index (χ2v) is 7.43. The van der Waals surface area contributed by atoms with Gasteiger partial charge in [0.05, 0.1) is 5.69 Å². The van der Waals surface area contributed by atoms with Crippen molar-refractivity contribution in [2.75, 3.05) is 0 Å². The number of H-pyrrole nitrogens is 1. The molecule has 2 atom stereocenters. The van der Waals surface area contributed by atoms with Crippen molar-refractivity contribution in [2.24, 2.45) is 0 Å². The molecular formula is C17H23N7O2. The van der Waals surface area contributed by atoms with E-state index in [2.05, 4.69) is 30.8 Å². The fourth-order valence-corrected chi connectivity index (χ4v) is 3.28. The van der Waals surface area contributed by atoms with E-state index in [-0.39, 0.29) is 17.8 Å². The number of ether oxygens (including phenoxy) is 1.